The molecule has 0 saturated heterocycles. The minimum absolute atomic E-state index is 0. The van der Waals surface area contributed by atoms with Gasteiger partial charge in [0.25, 0.3) is 0 Å². The molecule has 0 aromatic heterocycles. The average Bonchev–Trinajstić information content (AvgIpc) is 2.84. The molecule has 0 heterocycles. The van der Waals surface area contributed by atoms with Gasteiger partial charge in [-0.2, -0.15) is 0 Å². The second-order valence-electron chi connectivity index (χ2n) is 6.16. The Kier molecular flexibility index (Phi) is 25.7. The molecule has 2 aliphatic carbocycles. The number of methoxy groups -OCH3 is 1. The van der Waals surface area contributed by atoms with Gasteiger partial charge in [0, 0.05) is 57.4 Å². The zero-order chi connectivity index (χ0) is 24.2. The minimum atomic E-state index is -0.236. The van der Waals surface area contributed by atoms with Gasteiger partial charge in [0.2, 0.25) is 0 Å². The number of ether oxygens (including phenoxy) is 1. The van der Waals surface area contributed by atoms with E-state index in [1.54, 1.807) is 14.2 Å². The van der Waals surface area contributed by atoms with Crippen molar-refractivity contribution in [3.05, 3.63) is 65.6 Å². The Labute approximate surface area is 223 Å². The van der Waals surface area contributed by atoms with Gasteiger partial charge in [-0.1, -0.05) is 89.8 Å². The zero-order valence-electron chi connectivity index (χ0n) is 21.8. The van der Waals surface area contributed by atoms with Crippen LogP contribution in [0, 0.1) is 18.8 Å². The number of benzene rings is 1. The SMILES string of the molecule is CC.CC.CC.COC1Cc2ccccc2C#CC2=C1C=CCC2.[CH2-]C(NC)C(C)=O.[Y]. The molecule has 2 aliphatic rings. The van der Waals surface area contributed by atoms with E-state index in [1.807, 2.05) is 47.6 Å². The van der Waals surface area contributed by atoms with Crippen molar-refractivity contribution in [1.29, 1.82) is 0 Å². The molecular formula is C28H44NO2Y-. The average molecular weight is 516 g/mol. The molecule has 2 atom stereocenters. The Hall–Kier alpha value is -1.05. The molecule has 0 fully saturated rings. The Morgan fingerprint density at radius 2 is 1.72 bits per heavy atom. The largest absolute Gasteiger partial charge is 0.376 e. The van der Waals surface area contributed by atoms with Gasteiger partial charge < -0.3 is 21.8 Å². The van der Waals surface area contributed by atoms with Crippen LogP contribution in [-0.2, 0) is 48.7 Å². The maximum absolute atomic E-state index is 10.2. The van der Waals surface area contributed by atoms with Gasteiger partial charge in [-0.15, -0.1) is 0 Å². The van der Waals surface area contributed by atoms with E-state index < -0.39 is 0 Å². The molecule has 1 N–H and O–H groups in total. The summed E-state index contributed by atoms with van der Waals surface area (Å²) in [6.07, 6.45) is 7.58. The third-order valence-electron chi connectivity index (χ3n) is 4.45. The van der Waals surface area contributed by atoms with Crippen molar-refractivity contribution < 1.29 is 42.2 Å². The van der Waals surface area contributed by atoms with Crippen molar-refractivity contribution in [2.24, 2.45) is 0 Å². The van der Waals surface area contributed by atoms with Crippen molar-refractivity contribution >= 4 is 5.78 Å². The summed E-state index contributed by atoms with van der Waals surface area (Å²) in [5.41, 5.74) is 4.94. The van der Waals surface area contributed by atoms with Gasteiger partial charge in [0.05, 0.1) is 6.10 Å². The number of rotatable bonds is 3. The normalized spacial score (nSPS) is 15.5. The van der Waals surface area contributed by atoms with Crippen LogP contribution in [0.1, 0.15) is 72.4 Å². The summed E-state index contributed by atoms with van der Waals surface area (Å²) < 4.78 is 5.68. The topological polar surface area (TPSA) is 38.3 Å². The first kappa shape index (κ1) is 35.5. The summed E-state index contributed by atoms with van der Waals surface area (Å²) in [6.45, 7) is 17.0. The number of carbonyl (C=O) groups is 1. The number of hydrogen-bond acceptors (Lipinski definition) is 3. The van der Waals surface area contributed by atoms with E-state index in [-0.39, 0.29) is 50.6 Å². The molecule has 1 aromatic rings. The Bertz CT molecular complexity index is 741. The standard InChI is InChI=1S/C17H16O.C5H10NO.3C2H6.Y/c1-18-17-12-15-8-3-2-6-13(15)10-11-14-7-4-5-9-16(14)17;1-4(6-3)5(2)7;3*1-2;/h2-3,5-6,8-9,17H,4,7,12H2,1H3;4,6H,1H2,2-3H3;3*1-2H3;/q;-1;;;;. The van der Waals surface area contributed by atoms with Crippen molar-refractivity contribution in [3.8, 4) is 11.8 Å². The Morgan fingerprint density at radius 3 is 2.22 bits per heavy atom. The molecular weight excluding hydrogens is 471 g/mol. The zero-order valence-corrected chi connectivity index (χ0v) is 24.7. The smallest absolute Gasteiger partial charge is 0.116 e. The molecule has 0 aliphatic heterocycles. The third-order valence-corrected chi connectivity index (χ3v) is 4.45. The molecule has 0 saturated carbocycles. The fraction of sp³-hybridized carbons (Fsp3) is 0.500. The van der Waals surface area contributed by atoms with Crippen molar-refractivity contribution in [2.45, 2.75) is 79.9 Å². The molecule has 1 aromatic carbocycles. The predicted octanol–water partition coefficient (Wildman–Crippen LogP) is 6.33. The number of carbonyl (C=O) groups excluding carboxylic acids is 1. The van der Waals surface area contributed by atoms with Crippen LogP contribution in [0.15, 0.2) is 47.6 Å². The van der Waals surface area contributed by atoms with Gasteiger partial charge in [-0.3, -0.25) is 0 Å². The van der Waals surface area contributed by atoms with Crippen LogP contribution in [0.4, 0.5) is 0 Å². The quantitative estimate of drug-likeness (QED) is 0.378. The summed E-state index contributed by atoms with van der Waals surface area (Å²) in [7, 11) is 3.49. The fourth-order valence-electron chi connectivity index (χ4n) is 2.81. The van der Waals surface area contributed by atoms with Crippen molar-refractivity contribution in [2.75, 3.05) is 14.2 Å². The predicted molar refractivity (Wildman–Crippen MR) is 136 cm³/mol. The van der Waals surface area contributed by atoms with Crippen molar-refractivity contribution in [1.82, 2.24) is 5.32 Å². The molecule has 3 nitrogen and oxygen atoms in total. The van der Waals surface area contributed by atoms with E-state index in [0.717, 1.165) is 24.8 Å². The van der Waals surface area contributed by atoms with Crippen LogP contribution >= 0.6 is 0 Å². The maximum atomic E-state index is 10.2. The second-order valence-corrected chi connectivity index (χ2v) is 6.16. The van der Waals surface area contributed by atoms with Crippen LogP contribution in [0.5, 0.6) is 0 Å². The van der Waals surface area contributed by atoms with E-state index in [0.29, 0.717) is 0 Å². The molecule has 0 spiro atoms. The molecule has 0 amide bonds. The van der Waals surface area contributed by atoms with Crippen LogP contribution in [-0.4, -0.2) is 32.1 Å². The first-order valence-electron chi connectivity index (χ1n) is 11.6. The summed E-state index contributed by atoms with van der Waals surface area (Å²) in [5, 5.41) is 2.70. The minimum Gasteiger partial charge on any atom is -0.376 e. The van der Waals surface area contributed by atoms with Crippen molar-refractivity contribution in [3.63, 3.8) is 0 Å². The van der Waals surface area contributed by atoms with E-state index in [4.69, 9.17) is 4.74 Å². The van der Waals surface area contributed by atoms with Crippen LogP contribution in [0.3, 0.4) is 0 Å². The van der Waals surface area contributed by atoms with E-state index in [1.165, 1.54) is 23.6 Å². The summed E-state index contributed by atoms with van der Waals surface area (Å²) >= 11 is 0. The number of likely N-dealkylation sites (N-methyl/N-ethyl adjacent to an activating group) is 1. The number of allylic oxidation sites excluding steroid dienone is 2. The second kappa shape index (κ2) is 23.1. The molecule has 4 heteroatoms. The summed E-state index contributed by atoms with van der Waals surface area (Å²) in [5.74, 6) is 6.73. The summed E-state index contributed by atoms with van der Waals surface area (Å²) in [4.78, 5) is 10.2. The molecule has 2 unspecified atom stereocenters. The Morgan fingerprint density at radius 1 is 1.12 bits per heavy atom. The molecule has 32 heavy (non-hydrogen) atoms. The van der Waals surface area contributed by atoms with Crippen LogP contribution in [0.2, 0.25) is 0 Å². The first-order valence-corrected chi connectivity index (χ1v) is 11.6. The number of ketones is 1. The summed E-state index contributed by atoms with van der Waals surface area (Å²) in [6, 6.07) is 8.13. The van der Waals surface area contributed by atoms with Gasteiger partial charge in [0.1, 0.15) is 5.78 Å². The monoisotopic (exact) mass is 515 g/mol. The third kappa shape index (κ3) is 12.9. The van der Waals surface area contributed by atoms with E-state index in [9.17, 15) is 4.79 Å². The molecule has 177 valence electrons. The van der Waals surface area contributed by atoms with Gasteiger partial charge in [0.15, 0.2) is 0 Å². The van der Waals surface area contributed by atoms with Gasteiger partial charge in [-0.25, -0.2) is 0 Å². The van der Waals surface area contributed by atoms with Gasteiger partial charge in [-0.05, 0) is 44.0 Å². The van der Waals surface area contributed by atoms with Crippen LogP contribution in [0.25, 0.3) is 0 Å². The maximum Gasteiger partial charge on any atom is 0.116 e. The molecule has 0 bridgehead atoms. The van der Waals surface area contributed by atoms with Crippen LogP contribution < -0.4 is 5.32 Å². The number of fused-ring (bicyclic) bond motifs is 1. The number of Topliss-reactive ketones (excluding diaryl/α,β-unsaturated/α-hetero) is 1. The fourth-order valence-corrected chi connectivity index (χ4v) is 2.81. The van der Waals surface area contributed by atoms with E-state index >= 15 is 0 Å². The van der Waals surface area contributed by atoms with E-state index in [2.05, 4.69) is 54.4 Å². The first-order chi connectivity index (χ1) is 15.1. The number of nitrogens with one attached hydrogen (secondary N) is 1. The van der Waals surface area contributed by atoms with Gasteiger partial charge >= 0.3 is 0 Å². The molecule has 1 radical (unpaired) electrons. The Balaban J connectivity index is -0.000000513. The molecule has 3 rings (SSSR count). The number of hydrogen-bond donors (Lipinski definition) is 1.